The molecule has 0 aliphatic heterocycles. The summed E-state index contributed by atoms with van der Waals surface area (Å²) >= 11 is 1.80. The first-order valence-corrected chi connectivity index (χ1v) is 19.6. The number of amidine groups is 1. The van der Waals surface area contributed by atoms with Gasteiger partial charge in [-0.2, -0.15) is 0 Å². The summed E-state index contributed by atoms with van der Waals surface area (Å²) in [6.07, 6.45) is 6.03. The molecule has 56 heavy (non-hydrogen) atoms. The summed E-state index contributed by atoms with van der Waals surface area (Å²) in [5.74, 6) is 1.20. The highest BCUT2D eigenvalue weighted by Crippen LogP contribution is 2.42. The Hall–Kier alpha value is -6.88. The van der Waals surface area contributed by atoms with Crippen LogP contribution in [0.15, 0.2) is 197 Å². The van der Waals surface area contributed by atoms with Gasteiger partial charge in [0.1, 0.15) is 11.3 Å². The highest BCUT2D eigenvalue weighted by atomic mass is 32.1. The molecular formula is C52H38N2OS. The first-order valence-electron chi connectivity index (χ1n) is 18.8. The van der Waals surface area contributed by atoms with Gasteiger partial charge >= 0.3 is 0 Å². The van der Waals surface area contributed by atoms with Gasteiger partial charge in [-0.3, -0.25) is 4.99 Å². The fourth-order valence-electron chi connectivity index (χ4n) is 7.50. The highest BCUT2D eigenvalue weighted by molar-refractivity contribution is 7.25. The zero-order chi connectivity index (χ0) is 37.8. The molecular weight excluding hydrogens is 701 g/mol. The first-order chi connectivity index (χ1) is 27.7. The molecule has 0 bridgehead atoms. The lowest BCUT2D eigenvalue weighted by molar-refractivity contribution is 0.601. The van der Waals surface area contributed by atoms with Crippen molar-refractivity contribution in [3.8, 4) is 33.4 Å². The Bertz CT molecular complexity index is 2960. The van der Waals surface area contributed by atoms with Crippen LogP contribution in [0.4, 0.5) is 0 Å². The molecule has 4 heteroatoms. The average Bonchev–Trinajstić information content (AvgIpc) is 3.83. The van der Waals surface area contributed by atoms with Crippen molar-refractivity contribution in [1.82, 2.24) is 0 Å². The number of furan rings is 1. The van der Waals surface area contributed by atoms with Crippen LogP contribution in [0.1, 0.15) is 29.4 Å². The minimum atomic E-state index is 0.466. The molecule has 3 nitrogen and oxygen atoms in total. The van der Waals surface area contributed by atoms with E-state index in [2.05, 4.69) is 146 Å². The third-order valence-electron chi connectivity index (χ3n) is 10.2. The molecule has 0 saturated carbocycles. The van der Waals surface area contributed by atoms with Gasteiger partial charge in [-0.1, -0.05) is 164 Å². The van der Waals surface area contributed by atoms with E-state index in [9.17, 15) is 0 Å². The number of hydrogen-bond acceptors (Lipinski definition) is 3. The molecule has 9 aromatic rings. The Morgan fingerprint density at radius 1 is 0.625 bits per heavy atom. The maximum atomic E-state index is 6.44. The van der Waals surface area contributed by atoms with Crippen LogP contribution in [-0.2, 0) is 6.54 Å². The van der Waals surface area contributed by atoms with Gasteiger partial charge in [0.15, 0.2) is 5.84 Å². The lowest BCUT2D eigenvalue weighted by Crippen LogP contribution is -2.01. The van der Waals surface area contributed by atoms with Crippen LogP contribution in [0.3, 0.4) is 0 Å². The quantitative estimate of drug-likeness (QED) is 0.107. The first kappa shape index (κ1) is 34.9. The maximum Gasteiger partial charge on any atom is 0.158 e. The minimum absolute atomic E-state index is 0.466. The van der Waals surface area contributed by atoms with Gasteiger partial charge in [0.05, 0.1) is 12.1 Å². The Kier molecular flexibility index (Phi) is 9.63. The summed E-state index contributed by atoms with van der Waals surface area (Å²) in [7, 11) is 0. The summed E-state index contributed by atoms with van der Waals surface area (Å²) < 4.78 is 8.88. The Morgan fingerprint density at radius 3 is 2.04 bits per heavy atom. The smallest absolute Gasteiger partial charge is 0.158 e. The predicted molar refractivity (Wildman–Crippen MR) is 241 cm³/mol. The molecule has 268 valence electrons. The van der Waals surface area contributed by atoms with Crippen molar-refractivity contribution < 1.29 is 4.42 Å². The van der Waals surface area contributed by atoms with E-state index in [1.165, 1.54) is 53.6 Å². The molecule has 0 fully saturated rings. The zero-order valence-electron chi connectivity index (χ0n) is 31.0. The Labute approximate surface area is 331 Å². The number of fused-ring (bicyclic) bond motifs is 4. The van der Waals surface area contributed by atoms with Crippen molar-refractivity contribution >= 4 is 66.2 Å². The number of hydrogen-bond donors (Lipinski definition) is 0. The molecule has 0 unspecified atom stereocenters. The van der Waals surface area contributed by atoms with Crippen LogP contribution in [0.25, 0.3) is 76.2 Å². The number of benzene rings is 7. The molecule has 0 radical (unpaired) electrons. The van der Waals surface area contributed by atoms with Crippen LogP contribution >= 0.6 is 11.3 Å². The third-order valence-corrected chi connectivity index (χ3v) is 11.3. The van der Waals surface area contributed by atoms with E-state index >= 15 is 0 Å². The number of rotatable bonds is 9. The topological polar surface area (TPSA) is 37.9 Å². The second-order valence-corrected chi connectivity index (χ2v) is 14.8. The molecule has 2 heterocycles. The van der Waals surface area contributed by atoms with E-state index in [4.69, 9.17) is 14.4 Å². The van der Waals surface area contributed by atoms with Crippen molar-refractivity contribution in [3.63, 3.8) is 0 Å². The predicted octanol–water partition coefficient (Wildman–Crippen LogP) is 14.6. The molecule has 0 atom stereocenters. The molecule has 0 aliphatic carbocycles. The third kappa shape index (κ3) is 6.72. The van der Waals surface area contributed by atoms with E-state index in [0.717, 1.165) is 27.7 Å². The van der Waals surface area contributed by atoms with Crippen LogP contribution in [-0.4, -0.2) is 12.1 Å². The van der Waals surface area contributed by atoms with E-state index in [1.54, 1.807) is 11.3 Å². The largest absolute Gasteiger partial charge is 0.455 e. The summed E-state index contributed by atoms with van der Waals surface area (Å²) in [5.41, 5.74) is 11.7. The average molecular weight is 739 g/mol. The van der Waals surface area contributed by atoms with Crippen molar-refractivity contribution in [2.75, 3.05) is 0 Å². The fourth-order valence-corrected chi connectivity index (χ4v) is 8.62. The normalized spacial score (nSPS) is 12.1. The van der Waals surface area contributed by atoms with Crippen LogP contribution < -0.4 is 0 Å². The molecule has 0 spiro atoms. The highest BCUT2D eigenvalue weighted by Gasteiger charge is 2.19. The SMILES string of the molecule is C=C(C(N=Cc1cccc2sc3ccc(-c4ccccc4-c4ccccc4-c4ccccc4)cc3c12)=NCc1ccccc1)c1oc2ccccc2c1/C=C\C. The van der Waals surface area contributed by atoms with Gasteiger partial charge in [-0.25, -0.2) is 4.99 Å². The van der Waals surface area contributed by atoms with Crippen LogP contribution in [0, 0.1) is 0 Å². The summed E-state index contributed by atoms with van der Waals surface area (Å²) in [4.78, 5) is 10.2. The van der Waals surface area contributed by atoms with Gasteiger partial charge in [0.25, 0.3) is 0 Å². The number of thiophene rings is 1. The molecule has 7 aromatic carbocycles. The Balaban J connectivity index is 1.15. The monoisotopic (exact) mass is 738 g/mol. The summed E-state index contributed by atoms with van der Waals surface area (Å²) in [6.45, 7) is 7.00. The fraction of sp³-hybridized carbons (Fsp3) is 0.0385. The number of nitrogens with zero attached hydrogens (tertiary/aromatic N) is 2. The number of para-hydroxylation sites is 1. The minimum Gasteiger partial charge on any atom is -0.455 e. The molecule has 0 N–H and O–H groups in total. The molecule has 0 saturated heterocycles. The number of allylic oxidation sites excluding steroid dienone is 1. The number of aliphatic imine (C=N–C) groups is 2. The molecule has 9 rings (SSSR count). The van der Waals surface area contributed by atoms with Gasteiger partial charge in [0, 0.05) is 42.9 Å². The van der Waals surface area contributed by atoms with E-state index in [1.807, 2.05) is 55.6 Å². The van der Waals surface area contributed by atoms with Gasteiger partial charge in [-0.05, 0) is 70.1 Å². The summed E-state index contributed by atoms with van der Waals surface area (Å²) in [5, 5.41) is 3.40. The van der Waals surface area contributed by atoms with Crippen LogP contribution in [0.5, 0.6) is 0 Å². The van der Waals surface area contributed by atoms with E-state index in [0.29, 0.717) is 23.7 Å². The second-order valence-electron chi connectivity index (χ2n) is 13.7. The van der Waals surface area contributed by atoms with Gasteiger partial charge < -0.3 is 4.42 Å². The standard InChI is InChI=1S/C52H38N2OS/c1-3-17-45-44-27-14-15-28-47(44)55-51(45)35(2)52(53-33-36-18-6-4-7-19-36)54-34-39-22-16-29-49-50(39)46-32-38(30-31-48(46)56-49)41-24-11-13-26-43(41)42-25-12-10-23-40(42)37-20-8-5-9-21-37/h3-32,34H,2,33H2,1H3/b17-3-,53-52?,54-34?. The molecule has 0 amide bonds. The van der Waals surface area contributed by atoms with Crippen molar-refractivity contribution in [1.29, 1.82) is 0 Å². The lowest BCUT2D eigenvalue weighted by Gasteiger charge is -2.15. The van der Waals surface area contributed by atoms with Crippen molar-refractivity contribution in [3.05, 3.63) is 205 Å². The van der Waals surface area contributed by atoms with Crippen LogP contribution in [0.2, 0.25) is 0 Å². The molecule has 0 aliphatic rings. The molecule has 2 aromatic heterocycles. The van der Waals surface area contributed by atoms with Gasteiger partial charge in [0.2, 0.25) is 0 Å². The Morgan fingerprint density at radius 2 is 1.29 bits per heavy atom. The lowest BCUT2D eigenvalue weighted by atomic mass is 9.89. The van der Waals surface area contributed by atoms with Crippen molar-refractivity contribution in [2.45, 2.75) is 13.5 Å². The maximum absolute atomic E-state index is 6.44. The van der Waals surface area contributed by atoms with Crippen molar-refractivity contribution in [2.24, 2.45) is 9.98 Å². The summed E-state index contributed by atoms with van der Waals surface area (Å²) in [6, 6.07) is 59.6. The van der Waals surface area contributed by atoms with E-state index < -0.39 is 0 Å². The van der Waals surface area contributed by atoms with E-state index in [-0.39, 0.29) is 0 Å². The second kappa shape index (κ2) is 15.5. The zero-order valence-corrected chi connectivity index (χ0v) is 31.8. The van der Waals surface area contributed by atoms with Gasteiger partial charge in [-0.15, -0.1) is 11.3 Å².